The molecule has 6 aromatic heterocycles. The molecular weight excluding hydrogens is 1150 g/mol. The van der Waals surface area contributed by atoms with E-state index < -0.39 is 0 Å². The minimum Gasteiger partial charge on any atom is -0.309 e. The Morgan fingerprint density at radius 2 is 0.447 bits per heavy atom. The predicted octanol–water partition coefficient (Wildman–Crippen LogP) is 21.7. The summed E-state index contributed by atoms with van der Waals surface area (Å²) in [5, 5.41) is 9.46. The number of hydrogen-bond acceptors (Lipinski definition) is 4. The summed E-state index contributed by atoms with van der Waals surface area (Å²) in [5.74, 6) is 1.30. The lowest BCUT2D eigenvalue weighted by atomic mass is 10.0. The normalized spacial score (nSPS) is 11.6. The SMILES string of the molecule is c1ccc(-c2cc(-c3ccccc3)nc(-n3c4ccccc4c4ccc5c(c6ccccc6n5-c5ccccc5)c43)n2)cc1.c1ccc(-c2ccc(-c3cc(-c4ccccc4)nc(-n4c5ccccc5c5ccc6c(c7ccccc7n6-c6ccccc6)c54)n3)cc2)cc1. The van der Waals surface area contributed by atoms with Gasteiger partial charge < -0.3 is 9.13 Å². The molecule has 0 atom stereocenters. The molecule has 6 heterocycles. The van der Waals surface area contributed by atoms with Crippen molar-refractivity contribution in [1.82, 2.24) is 38.2 Å². The van der Waals surface area contributed by atoms with Crippen LogP contribution >= 0.6 is 0 Å². The second-order valence-corrected chi connectivity index (χ2v) is 23.7. The van der Waals surface area contributed by atoms with Crippen LogP contribution in [0, 0.1) is 0 Å². The van der Waals surface area contributed by atoms with E-state index in [0.29, 0.717) is 11.9 Å². The molecule has 0 saturated carbocycles. The number of aromatic nitrogens is 8. The van der Waals surface area contributed by atoms with Crippen LogP contribution in [0.15, 0.2) is 340 Å². The van der Waals surface area contributed by atoms with Crippen LogP contribution in [0.3, 0.4) is 0 Å². The van der Waals surface area contributed by atoms with Crippen molar-refractivity contribution in [1.29, 1.82) is 0 Å². The fourth-order valence-corrected chi connectivity index (χ4v) is 14.1. The maximum absolute atomic E-state index is 5.37. The van der Waals surface area contributed by atoms with Crippen LogP contribution in [0.25, 0.3) is 167 Å². The van der Waals surface area contributed by atoms with Crippen molar-refractivity contribution in [2.45, 2.75) is 0 Å². The van der Waals surface area contributed by atoms with Crippen LogP contribution in [0.4, 0.5) is 0 Å². The molecule has 0 fully saturated rings. The Balaban J connectivity index is 0.000000139. The number of rotatable bonds is 9. The van der Waals surface area contributed by atoms with Gasteiger partial charge in [0, 0.05) is 76.7 Å². The highest BCUT2D eigenvalue weighted by Crippen LogP contribution is 2.45. The Morgan fingerprint density at radius 3 is 0.809 bits per heavy atom. The van der Waals surface area contributed by atoms with Crippen LogP contribution in [-0.4, -0.2) is 38.2 Å². The summed E-state index contributed by atoms with van der Waals surface area (Å²) in [6, 6.07) is 119. The number of hydrogen-bond donors (Lipinski definition) is 0. The van der Waals surface area contributed by atoms with E-state index in [2.05, 4.69) is 334 Å². The van der Waals surface area contributed by atoms with Gasteiger partial charge in [0.25, 0.3) is 0 Å². The molecule has 0 saturated heterocycles. The molecular formula is C86H56N8. The zero-order chi connectivity index (χ0) is 62.1. The molecule has 0 N–H and O–H groups in total. The van der Waals surface area contributed by atoms with E-state index in [1.54, 1.807) is 0 Å². The largest absolute Gasteiger partial charge is 0.309 e. The number of benzene rings is 13. The molecule has 0 aliphatic carbocycles. The van der Waals surface area contributed by atoms with Crippen molar-refractivity contribution >= 4 is 87.2 Å². The Labute approximate surface area is 541 Å². The van der Waals surface area contributed by atoms with Crippen molar-refractivity contribution in [2.75, 3.05) is 0 Å². The summed E-state index contributed by atoms with van der Waals surface area (Å²) in [7, 11) is 0. The Hall–Kier alpha value is -12.8. The maximum Gasteiger partial charge on any atom is 0.235 e. The Bertz CT molecular complexity index is 6000. The summed E-state index contributed by atoms with van der Waals surface area (Å²) in [4.78, 5) is 21.2. The molecule has 440 valence electrons. The van der Waals surface area contributed by atoms with Crippen molar-refractivity contribution < 1.29 is 0 Å². The molecule has 0 radical (unpaired) electrons. The molecule has 0 bridgehead atoms. The van der Waals surface area contributed by atoms with Gasteiger partial charge in [0.05, 0.1) is 66.9 Å². The van der Waals surface area contributed by atoms with Gasteiger partial charge in [-0.1, -0.05) is 267 Å². The van der Waals surface area contributed by atoms with E-state index in [4.69, 9.17) is 19.9 Å². The van der Waals surface area contributed by atoms with Crippen LogP contribution in [0.5, 0.6) is 0 Å². The third-order valence-corrected chi connectivity index (χ3v) is 18.3. The van der Waals surface area contributed by atoms with E-state index in [1.807, 2.05) is 24.3 Å². The van der Waals surface area contributed by atoms with Gasteiger partial charge in [-0.05, 0) is 83.9 Å². The topological polar surface area (TPSA) is 71.3 Å². The molecule has 0 spiro atoms. The number of fused-ring (bicyclic) bond motifs is 14. The van der Waals surface area contributed by atoms with Gasteiger partial charge in [-0.15, -0.1) is 0 Å². The van der Waals surface area contributed by atoms with Gasteiger partial charge in [0.1, 0.15) is 0 Å². The lowest BCUT2D eigenvalue weighted by Gasteiger charge is -2.13. The van der Waals surface area contributed by atoms with Crippen molar-refractivity contribution in [3.63, 3.8) is 0 Å². The second kappa shape index (κ2) is 22.6. The third-order valence-electron chi connectivity index (χ3n) is 18.3. The predicted molar refractivity (Wildman–Crippen MR) is 389 cm³/mol. The number of para-hydroxylation sites is 6. The minimum absolute atomic E-state index is 0.642. The maximum atomic E-state index is 5.37. The summed E-state index contributed by atoms with van der Waals surface area (Å²) < 4.78 is 9.28. The molecule has 0 unspecified atom stereocenters. The summed E-state index contributed by atoms with van der Waals surface area (Å²) in [6.45, 7) is 0. The third kappa shape index (κ3) is 9.07. The first-order valence-electron chi connectivity index (χ1n) is 31.8. The van der Waals surface area contributed by atoms with E-state index in [1.165, 1.54) is 59.7 Å². The summed E-state index contributed by atoms with van der Waals surface area (Å²) in [6.07, 6.45) is 0. The van der Waals surface area contributed by atoms with Crippen molar-refractivity contribution in [3.05, 3.63) is 340 Å². The van der Waals surface area contributed by atoms with Gasteiger partial charge in [-0.25, -0.2) is 19.9 Å². The first-order chi connectivity index (χ1) is 46.7. The van der Waals surface area contributed by atoms with Gasteiger partial charge in [0.2, 0.25) is 11.9 Å². The lowest BCUT2D eigenvalue weighted by molar-refractivity contribution is 0.998. The van der Waals surface area contributed by atoms with Crippen LogP contribution in [-0.2, 0) is 0 Å². The van der Waals surface area contributed by atoms with Crippen molar-refractivity contribution in [2.24, 2.45) is 0 Å². The highest BCUT2D eigenvalue weighted by molar-refractivity contribution is 6.27. The zero-order valence-electron chi connectivity index (χ0n) is 50.9. The van der Waals surface area contributed by atoms with Gasteiger partial charge in [0.15, 0.2) is 0 Å². The fourth-order valence-electron chi connectivity index (χ4n) is 14.1. The molecule has 0 aliphatic rings. The lowest BCUT2D eigenvalue weighted by Crippen LogP contribution is -2.04. The fraction of sp³-hybridized carbons (Fsp3) is 0. The van der Waals surface area contributed by atoms with Crippen LogP contribution in [0.2, 0.25) is 0 Å². The van der Waals surface area contributed by atoms with Crippen LogP contribution in [0.1, 0.15) is 0 Å². The van der Waals surface area contributed by atoms with Crippen molar-refractivity contribution in [3.8, 4) is 79.4 Å². The molecule has 0 aliphatic heterocycles. The molecule has 19 aromatic rings. The first-order valence-corrected chi connectivity index (χ1v) is 31.8. The molecule has 94 heavy (non-hydrogen) atoms. The zero-order valence-corrected chi connectivity index (χ0v) is 50.9. The smallest absolute Gasteiger partial charge is 0.235 e. The Morgan fingerprint density at radius 1 is 0.181 bits per heavy atom. The van der Waals surface area contributed by atoms with Gasteiger partial charge in [-0.2, -0.15) is 0 Å². The molecule has 0 amide bonds. The van der Waals surface area contributed by atoms with E-state index in [9.17, 15) is 0 Å². The van der Waals surface area contributed by atoms with E-state index >= 15 is 0 Å². The highest BCUT2D eigenvalue weighted by Gasteiger charge is 2.25. The Kier molecular flexibility index (Phi) is 13.0. The average Bonchev–Trinajstić information content (AvgIpc) is 1.55. The first kappa shape index (κ1) is 54.2. The van der Waals surface area contributed by atoms with Crippen LogP contribution < -0.4 is 0 Å². The minimum atomic E-state index is 0.642. The molecule has 8 heteroatoms. The molecule has 13 aromatic carbocycles. The van der Waals surface area contributed by atoms with Gasteiger partial charge >= 0.3 is 0 Å². The van der Waals surface area contributed by atoms with E-state index in [0.717, 1.165) is 95.0 Å². The average molecular weight is 1200 g/mol. The monoisotopic (exact) mass is 1200 g/mol. The van der Waals surface area contributed by atoms with E-state index in [-0.39, 0.29) is 0 Å². The summed E-state index contributed by atoms with van der Waals surface area (Å²) >= 11 is 0. The highest BCUT2D eigenvalue weighted by atomic mass is 15.2. The second-order valence-electron chi connectivity index (χ2n) is 23.7. The summed E-state index contributed by atoms with van der Waals surface area (Å²) in [5.41, 5.74) is 21.3. The standard InChI is InChI=1S/C46H30N4.C40H26N4/c1-4-14-31(15-5-1)32-24-26-34(27-25-32)40-30-39(33-16-6-2-7-17-33)47-46(48-40)50-41-22-12-10-20-36(41)37-28-29-43-44(45(37)50)38-21-11-13-23-42(38)49(43)35-18-8-3-9-19-35;1-4-14-27(15-5-1)33-26-34(28-16-6-2-7-17-28)42-40(41-33)44-35-22-12-10-20-30(35)31-24-25-37-38(39(31)44)32-21-11-13-23-36(32)43(37)29-18-8-3-9-19-29/h1-30H;1-26H. The quantitative estimate of drug-likeness (QED) is 0.144. The van der Waals surface area contributed by atoms with Gasteiger partial charge in [-0.3, -0.25) is 9.13 Å². The number of nitrogens with zero attached hydrogens (tertiary/aromatic N) is 8. The molecule has 19 rings (SSSR count). The molecule has 8 nitrogen and oxygen atoms in total.